The van der Waals surface area contributed by atoms with Gasteiger partial charge in [-0.2, -0.15) is 13.2 Å². The molecule has 4 rings (SSSR count). The van der Waals surface area contributed by atoms with E-state index in [-0.39, 0.29) is 17.2 Å². The zero-order valence-electron chi connectivity index (χ0n) is 17.3. The maximum absolute atomic E-state index is 13.0. The molecule has 176 valence electrons. The second-order valence-electron chi connectivity index (χ2n) is 6.89. The molecule has 1 N–H and O–H groups in total. The molecule has 0 aliphatic heterocycles. The molecule has 2 heterocycles. The molecule has 34 heavy (non-hydrogen) atoms. The summed E-state index contributed by atoms with van der Waals surface area (Å²) in [5.41, 5.74) is -1.87. The largest absolute Gasteiger partial charge is 0.497 e. The Bertz CT molecular complexity index is 1430. The number of nitrogens with one attached hydrogen (secondary N) is 1. The van der Waals surface area contributed by atoms with E-state index >= 15 is 0 Å². The van der Waals surface area contributed by atoms with E-state index in [2.05, 4.69) is 15.4 Å². The van der Waals surface area contributed by atoms with E-state index in [0.717, 1.165) is 15.1 Å². The number of methoxy groups -OCH3 is 1. The number of rotatable bonds is 6. The third-order valence-corrected chi connectivity index (χ3v) is 4.90. The fourth-order valence-corrected chi connectivity index (χ4v) is 3.26. The molecular weight excluding hydrogens is 479 g/mol. The number of ether oxygens (including phenoxy) is 2. The van der Waals surface area contributed by atoms with Crippen molar-refractivity contribution < 1.29 is 27.4 Å². The van der Waals surface area contributed by atoms with Crippen molar-refractivity contribution in [2.24, 2.45) is 0 Å². The van der Waals surface area contributed by atoms with Gasteiger partial charge in [-0.15, -0.1) is 5.10 Å². The SMILES string of the molecule is COc1cccc(Oc2nccn3c(=O)n(CC(=O)Nc4ccc(Cl)c(C(F)(F)F)c4)nc23)c1. The molecule has 4 aromatic rings. The second-order valence-corrected chi connectivity index (χ2v) is 7.30. The lowest BCUT2D eigenvalue weighted by atomic mass is 10.2. The van der Waals surface area contributed by atoms with Gasteiger partial charge in [0, 0.05) is 24.1 Å². The third-order valence-electron chi connectivity index (χ3n) is 4.57. The lowest BCUT2D eigenvalue weighted by molar-refractivity contribution is -0.137. The number of benzene rings is 2. The number of nitrogens with zero attached hydrogens (tertiary/aromatic N) is 4. The monoisotopic (exact) mass is 493 g/mol. The van der Waals surface area contributed by atoms with Crippen LogP contribution in [0.4, 0.5) is 18.9 Å². The molecule has 0 aliphatic carbocycles. The van der Waals surface area contributed by atoms with Gasteiger partial charge in [-0.05, 0) is 30.3 Å². The molecule has 0 atom stereocenters. The highest BCUT2D eigenvalue weighted by molar-refractivity contribution is 6.31. The molecule has 2 aromatic heterocycles. The predicted molar refractivity (Wildman–Crippen MR) is 115 cm³/mol. The molecule has 2 aromatic carbocycles. The summed E-state index contributed by atoms with van der Waals surface area (Å²) >= 11 is 5.59. The first-order valence-corrected chi connectivity index (χ1v) is 9.96. The highest BCUT2D eigenvalue weighted by Gasteiger charge is 2.33. The molecule has 1 amide bonds. The standard InChI is InChI=1S/C21H15ClF3N5O4/c1-33-13-3-2-4-14(10-13)34-19-18-28-30(20(32)29(18)8-7-26-19)11-17(31)27-12-5-6-16(22)15(9-12)21(23,24)25/h2-10H,11H2,1H3,(H,27,31). The average molecular weight is 494 g/mol. The van der Waals surface area contributed by atoms with E-state index in [1.54, 1.807) is 24.3 Å². The molecule has 0 saturated carbocycles. The van der Waals surface area contributed by atoms with Crippen LogP contribution in [0.5, 0.6) is 17.4 Å². The van der Waals surface area contributed by atoms with E-state index < -0.39 is 34.9 Å². The number of anilines is 1. The summed E-state index contributed by atoms with van der Waals surface area (Å²) in [7, 11) is 1.50. The number of hydrogen-bond donors (Lipinski definition) is 1. The van der Waals surface area contributed by atoms with E-state index in [9.17, 15) is 22.8 Å². The molecule has 9 nitrogen and oxygen atoms in total. The van der Waals surface area contributed by atoms with Gasteiger partial charge in [0.15, 0.2) is 0 Å². The lowest BCUT2D eigenvalue weighted by Gasteiger charge is -2.11. The minimum atomic E-state index is -4.69. The minimum Gasteiger partial charge on any atom is -0.497 e. The van der Waals surface area contributed by atoms with Crippen molar-refractivity contribution in [3.05, 3.63) is 75.9 Å². The predicted octanol–water partition coefficient (Wildman–Crippen LogP) is 4.00. The maximum atomic E-state index is 13.0. The number of hydrogen-bond acceptors (Lipinski definition) is 6. The zero-order chi connectivity index (χ0) is 24.5. The third kappa shape index (κ3) is 4.81. The minimum absolute atomic E-state index is 0.000434. The maximum Gasteiger partial charge on any atom is 0.417 e. The summed E-state index contributed by atoms with van der Waals surface area (Å²) < 4.78 is 51.9. The average Bonchev–Trinajstić information content (AvgIpc) is 3.10. The molecule has 0 bridgehead atoms. The Balaban J connectivity index is 1.57. The highest BCUT2D eigenvalue weighted by Crippen LogP contribution is 2.36. The van der Waals surface area contributed by atoms with Crippen molar-refractivity contribution in [3.8, 4) is 17.4 Å². The molecule has 0 radical (unpaired) electrons. The summed E-state index contributed by atoms with van der Waals surface area (Å²) in [6.45, 7) is -0.566. The van der Waals surface area contributed by atoms with Crippen LogP contribution in [0.2, 0.25) is 5.02 Å². The number of fused-ring (bicyclic) bond motifs is 1. The Kier molecular flexibility index (Phi) is 6.16. The lowest BCUT2D eigenvalue weighted by Crippen LogP contribution is -2.28. The molecule has 13 heteroatoms. The van der Waals surface area contributed by atoms with Crippen LogP contribution < -0.4 is 20.5 Å². The first-order chi connectivity index (χ1) is 16.2. The van der Waals surface area contributed by atoms with Crippen LogP contribution in [-0.4, -0.2) is 32.2 Å². The van der Waals surface area contributed by atoms with Gasteiger partial charge in [-0.25, -0.2) is 18.9 Å². The number of amides is 1. The van der Waals surface area contributed by atoms with Crippen LogP contribution in [0, 0.1) is 0 Å². The van der Waals surface area contributed by atoms with Crippen LogP contribution >= 0.6 is 11.6 Å². The van der Waals surface area contributed by atoms with Crippen molar-refractivity contribution >= 4 is 28.8 Å². The van der Waals surface area contributed by atoms with Gasteiger partial charge in [0.25, 0.3) is 5.88 Å². The van der Waals surface area contributed by atoms with Gasteiger partial charge in [-0.3, -0.25) is 4.79 Å². The van der Waals surface area contributed by atoms with E-state index in [4.69, 9.17) is 21.1 Å². The number of carbonyl (C=O) groups is 1. The van der Waals surface area contributed by atoms with E-state index in [0.29, 0.717) is 17.6 Å². The Morgan fingerprint density at radius 3 is 2.68 bits per heavy atom. The summed E-state index contributed by atoms with van der Waals surface area (Å²) in [6, 6.07) is 9.61. The number of carbonyl (C=O) groups excluding carboxylic acids is 1. The number of alkyl halides is 3. The van der Waals surface area contributed by atoms with Gasteiger partial charge < -0.3 is 14.8 Å². The van der Waals surface area contributed by atoms with Crippen molar-refractivity contribution in [3.63, 3.8) is 0 Å². The first kappa shape index (κ1) is 23.1. The molecule has 0 aliphatic rings. The zero-order valence-corrected chi connectivity index (χ0v) is 18.1. The van der Waals surface area contributed by atoms with Gasteiger partial charge in [0.2, 0.25) is 11.6 Å². The van der Waals surface area contributed by atoms with Gasteiger partial charge in [0.05, 0.1) is 17.7 Å². The Morgan fingerprint density at radius 2 is 1.94 bits per heavy atom. The summed E-state index contributed by atoms with van der Waals surface area (Å²) in [5.74, 6) is 0.145. The number of aromatic nitrogens is 4. The van der Waals surface area contributed by atoms with Crippen LogP contribution in [-0.2, 0) is 17.5 Å². The smallest absolute Gasteiger partial charge is 0.417 e. The Labute approximate surface area is 194 Å². The molecule has 0 unspecified atom stereocenters. The Morgan fingerprint density at radius 1 is 1.18 bits per heavy atom. The summed E-state index contributed by atoms with van der Waals surface area (Å²) in [5, 5.41) is 5.89. The highest BCUT2D eigenvalue weighted by atomic mass is 35.5. The molecular formula is C21H15ClF3N5O4. The van der Waals surface area contributed by atoms with Crippen molar-refractivity contribution in [2.45, 2.75) is 12.7 Å². The topological polar surface area (TPSA) is 99.8 Å². The quantitative estimate of drug-likeness (QED) is 0.436. The van der Waals surface area contributed by atoms with Gasteiger partial charge in [-0.1, -0.05) is 17.7 Å². The Hall–Kier alpha value is -4.06. The molecule has 0 saturated heterocycles. The van der Waals surface area contributed by atoms with E-state index in [1.165, 1.54) is 25.6 Å². The fraction of sp³-hybridized carbons (Fsp3) is 0.143. The van der Waals surface area contributed by atoms with Gasteiger partial charge in [0.1, 0.15) is 18.0 Å². The molecule has 0 fully saturated rings. The fourth-order valence-electron chi connectivity index (χ4n) is 3.03. The summed E-state index contributed by atoms with van der Waals surface area (Å²) in [6.07, 6.45) is -2.03. The van der Waals surface area contributed by atoms with Gasteiger partial charge >= 0.3 is 11.9 Å². The van der Waals surface area contributed by atoms with E-state index in [1.807, 2.05) is 0 Å². The van der Waals surface area contributed by atoms with Crippen LogP contribution in [0.15, 0.2) is 59.7 Å². The normalized spacial score (nSPS) is 11.4. The first-order valence-electron chi connectivity index (χ1n) is 9.58. The summed E-state index contributed by atoms with van der Waals surface area (Å²) in [4.78, 5) is 29.2. The van der Waals surface area contributed by atoms with Crippen LogP contribution in [0.1, 0.15) is 5.56 Å². The van der Waals surface area contributed by atoms with Crippen LogP contribution in [0.25, 0.3) is 5.65 Å². The van der Waals surface area contributed by atoms with Crippen LogP contribution in [0.3, 0.4) is 0 Å². The van der Waals surface area contributed by atoms with Crippen molar-refractivity contribution in [2.75, 3.05) is 12.4 Å². The van der Waals surface area contributed by atoms with Crippen molar-refractivity contribution in [1.82, 2.24) is 19.2 Å². The van der Waals surface area contributed by atoms with Crippen molar-refractivity contribution in [1.29, 1.82) is 0 Å². The molecule has 0 spiro atoms. The second kappa shape index (κ2) is 9.06. The number of halogens is 4.